The van der Waals surface area contributed by atoms with Crippen molar-refractivity contribution < 1.29 is 12.9 Å². The molecule has 0 aliphatic carbocycles. The fourth-order valence-electron chi connectivity index (χ4n) is 1.70. The molecule has 1 N–H and O–H groups in total. The predicted octanol–water partition coefficient (Wildman–Crippen LogP) is 3.93. The Hall–Kier alpha value is -2.51. The summed E-state index contributed by atoms with van der Waals surface area (Å²) in [5.74, 6) is 0.346. The topological polar surface area (TPSA) is 74.5 Å². The van der Waals surface area contributed by atoms with Crippen LogP contribution in [0.15, 0.2) is 58.9 Å². The van der Waals surface area contributed by atoms with Crippen LogP contribution in [0.2, 0.25) is 0 Å². The van der Waals surface area contributed by atoms with E-state index < -0.39 is 11.4 Å². The largest absolute Gasteiger partial charge is 0.380 e. The lowest BCUT2D eigenvalue weighted by molar-refractivity contribution is 0.408. The molecule has 1 atom stereocenters. The number of hydrogen-bond acceptors (Lipinski definition) is 4. The summed E-state index contributed by atoms with van der Waals surface area (Å²) in [4.78, 5) is 0. The third-order valence-corrected chi connectivity index (χ3v) is 3.08. The van der Waals surface area contributed by atoms with Crippen LogP contribution in [0.3, 0.4) is 0 Å². The van der Waals surface area contributed by atoms with Crippen molar-refractivity contribution in [2.24, 2.45) is 10.3 Å². The molecule has 0 radical (unpaired) electrons. The first-order chi connectivity index (χ1) is 11.0. The highest BCUT2D eigenvalue weighted by atomic mass is 32.2. The Labute approximate surface area is 137 Å². The van der Waals surface area contributed by atoms with Gasteiger partial charge in [-0.25, -0.2) is 0 Å². The average molecular weight is 331 g/mol. The third kappa shape index (κ3) is 6.01. The van der Waals surface area contributed by atoms with Crippen LogP contribution in [-0.4, -0.2) is 27.9 Å². The van der Waals surface area contributed by atoms with Gasteiger partial charge in [-0.15, -0.1) is 5.11 Å². The number of nitrogens with zero attached hydrogens (tertiary/aromatic N) is 3. The molecular formula is C16H17N3O3S. The van der Waals surface area contributed by atoms with E-state index in [2.05, 4.69) is 14.5 Å². The van der Waals surface area contributed by atoms with Gasteiger partial charge in [0.2, 0.25) is 0 Å². The summed E-state index contributed by atoms with van der Waals surface area (Å²) in [6, 6.07) is 14.6. The highest BCUT2D eigenvalue weighted by molar-refractivity contribution is 7.74. The van der Waals surface area contributed by atoms with E-state index in [0.717, 1.165) is 16.8 Å². The summed E-state index contributed by atoms with van der Waals surface area (Å²) in [7, 11) is 3.63. The summed E-state index contributed by atoms with van der Waals surface area (Å²) in [6.45, 7) is 0. The van der Waals surface area contributed by atoms with Crippen molar-refractivity contribution in [1.29, 1.82) is 0 Å². The lowest BCUT2D eigenvalue weighted by Gasteiger charge is -2.01. The molecule has 0 aliphatic heterocycles. The molecule has 2 aromatic rings. The minimum absolute atomic E-state index is 0.346. The summed E-state index contributed by atoms with van der Waals surface area (Å²) >= 11 is -2.30. The number of hydrogen-bond donors (Lipinski definition) is 1. The minimum atomic E-state index is -2.30. The zero-order valence-electron chi connectivity index (χ0n) is 12.8. The van der Waals surface area contributed by atoms with Crippen molar-refractivity contribution >= 4 is 29.2 Å². The quantitative estimate of drug-likeness (QED) is 0.377. The molecule has 2 aromatic carbocycles. The molecule has 0 fully saturated rings. The van der Waals surface area contributed by atoms with Gasteiger partial charge < -0.3 is 4.18 Å². The van der Waals surface area contributed by atoms with E-state index in [-0.39, 0.29) is 0 Å². The summed E-state index contributed by atoms with van der Waals surface area (Å²) in [5, 5.41) is 9.63. The average Bonchev–Trinajstić information content (AvgIpc) is 2.53. The van der Waals surface area contributed by atoms with Crippen LogP contribution < -0.4 is 4.18 Å². The normalized spacial score (nSPS) is 12.7. The zero-order valence-corrected chi connectivity index (χ0v) is 13.6. The molecule has 0 saturated carbocycles. The van der Waals surface area contributed by atoms with Crippen LogP contribution in [0.1, 0.15) is 11.1 Å². The molecule has 7 heteroatoms. The van der Waals surface area contributed by atoms with Gasteiger partial charge >= 0.3 is 11.4 Å². The summed E-state index contributed by atoms with van der Waals surface area (Å²) < 4.78 is 23.8. The molecule has 23 heavy (non-hydrogen) atoms. The first-order valence-corrected chi connectivity index (χ1v) is 7.82. The lowest BCUT2D eigenvalue weighted by atomic mass is 10.1. The predicted molar refractivity (Wildman–Crippen MR) is 91.4 cm³/mol. The van der Waals surface area contributed by atoms with Crippen LogP contribution in [-0.2, 0) is 11.4 Å². The Morgan fingerprint density at radius 2 is 1.52 bits per heavy atom. The highest BCUT2D eigenvalue weighted by Crippen LogP contribution is 2.17. The van der Waals surface area contributed by atoms with Gasteiger partial charge in [0.25, 0.3) is 0 Å². The monoisotopic (exact) mass is 331 g/mol. The van der Waals surface area contributed by atoms with E-state index in [0.29, 0.717) is 5.75 Å². The first-order valence-electron chi connectivity index (χ1n) is 6.79. The highest BCUT2D eigenvalue weighted by Gasteiger charge is 1.97. The number of rotatable bonds is 6. The fraction of sp³-hybridized carbons (Fsp3) is 0.125. The van der Waals surface area contributed by atoms with Crippen molar-refractivity contribution in [3.8, 4) is 5.75 Å². The molecule has 120 valence electrons. The third-order valence-electron chi connectivity index (χ3n) is 2.75. The van der Waals surface area contributed by atoms with Gasteiger partial charge in [0.15, 0.2) is 0 Å². The smallest absolute Gasteiger partial charge is 0.357 e. The molecule has 6 nitrogen and oxygen atoms in total. The van der Waals surface area contributed by atoms with Gasteiger partial charge in [-0.2, -0.15) is 4.21 Å². The molecule has 1 unspecified atom stereocenters. The second-order valence-corrected chi connectivity index (χ2v) is 5.43. The molecular weight excluding hydrogens is 314 g/mol. The van der Waals surface area contributed by atoms with Crippen molar-refractivity contribution in [2.75, 3.05) is 14.1 Å². The lowest BCUT2D eigenvalue weighted by Crippen LogP contribution is -1.98. The number of benzene rings is 2. The molecule has 2 rings (SSSR count). The van der Waals surface area contributed by atoms with Gasteiger partial charge in [-0.05, 0) is 35.4 Å². The molecule has 0 saturated heterocycles. The maximum atomic E-state index is 10.5. The van der Waals surface area contributed by atoms with E-state index in [9.17, 15) is 4.21 Å². The molecule has 0 heterocycles. The molecule has 0 aromatic heterocycles. The Morgan fingerprint density at radius 3 is 2.00 bits per heavy atom. The van der Waals surface area contributed by atoms with Gasteiger partial charge in [0.05, 0.1) is 5.69 Å². The Bertz CT molecular complexity index is 710. The van der Waals surface area contributed by atoms with Crippen LogP contribution in [0, 0.1) is 0 Å². The SMILES string of the molecule is CN(C)N=Nc1ccc(C=Cc2ccc(OS(=O)O)cc2)cc1. The van der Waals surface area contributed by atoms with Gasteiger partial charge in [-0.1, -0.05) is 41.6 Å². The Morgan fingerprint density at radius 1 is 1.00 bits per heavy atom. The summed E-state index contributed by atoms with van der Waals surface area (Å²) in [5.41, 5.74) is 2.78. The second kappa shape index (κ2) is 8.21. The second-order valence-electron chi connectivity index (χ2n) is 4.83. The van der Waals surface area contributed by atoms with Crippen molar-refractivity contribution in [3.63, 3.8) is 0 Å². The van der Waals surface area contributed by atoms with E-state index in [1.165, 1.54) is 0 Å². The van der Waals surface area contributed by atoms with Gasteiger partial charge in [0.1, 0.15) is 5.75 Å². The van der Waals surface area contributed by atoms with E-state index in [4.69, 9.17) is 4.55 Å². The maximum absolute atomic E-state index is 10.5. The maximum Gasteiger partial charge on any atom is 0.357 e. The van der Waals surface area contributed by atoms with Crippen molar-refractivity contribution in [1.82, 2.24) is 5.01 Å². The fourth-order valence-corrected chi connectivity index (χ4v) is 1.98. The first kappa shape index (κ1) is 16.9. The zero-order chi connectivity index (χ0) is 16.7. The molecule has 0 aliphatic rings. The van der Waals surface area contributed by atoms with Gasteiger partial charge in [0, 0.05) is 14.1 Å². The van der Waals surface area contributed by atoms with Gasteiger partial charge in [-0.3, -0.25) is 9.56 Å². The van der Waals surface area contributed by atoms with E-state index in [1.807, 2.05) is 50.5 Å². The van der Waals surface area contributed by atoms with Crippen molar-refractivity contribution in [3.05, 3.63) is 59.7 Å². The molecule has 0 bridgehead atoms. The van der Waals surface area contributed by atoms with Crippen LogP contribution in [0.25, 0.3) is 12.2 Å². The van der Waals surface area contributed by atoms with E-state index in [1.54, 1.807) is 29.3 Å². The van der Waals surface area contributed by atoms with Crippen LogP contribution in [0.4, 0.5) is 5.69 Å². The minimum Gasteiger partial charge on any atom is -0.380 e. The van der Waals surface area contributed by atoms with Crippen molar-refractivity contribution in [2.45, 2.75) is 0 Å². The Balaban J connectivity index is 2.01. The van der Waals surface area contributed by atoms with Crippen LogP contribution >= 0.6 is 0 Å². The molecule has 0 amide bonds. The Kier molecular flexibility index (Phi) is 6.02. The standard InChI is InChI=1S/C16H17N3O3S/c1-19(2)18-17-15-9-5-13(6-10-15)3-4-14-7-11-16(12-8-14)22-23(20)21/h3-12H,1-2H3,(H,20,21). The summed E-state index contributed by atoms with van der Waals surface area (Å²) in [6.07, 6.45) is 3.91. The van der Waals surface area contributed by atoms with E-state index >= 15 is 0 Å². The molecule has 0 spiro atoms. The van der Waals surface area contributed by atoms with Crippen LogP contribution in [0.5, 0.6) is 5.75 Å².